The van der Waals surface area contributed by atoms with E-state index in [1.165, 1.54) is 11.1 Å². The van der Waals surface area contributed by atoms with Crippen LogP contribution in [0.15, 0.2) is 46.9 Å². The molecule has 0 aromatic heterocycles. The minimum Gasteiger partial charge on any atom is -0.478 e. The summed E-state index contributed by atoms with van der Waals surface area (Å²) >= 11 is 5.26. The molecule has 0 fully saturated rings. The van der Waals surface area contributed by atoms with Crippen LogP contribution in [-0.2, 0) is 11.5 Å². The van der Waals surface area contributed by atoms with Gasteiger partial charge in [-0.2, -0.15) is 11.8 Å². The van der Waals surface area contributed by atoms with Crippen molar-refractivity contribution in [3.8, 4) is 0 Å². The van der Waals surface area contributed by atoms with E-state index >= 15 is 0 Å². The number of aryl methyl sites for hydroxylation is 1. The third kappa shape index (κ3) is 3.87. The van der Waals surface area contributed by atoms with Crippen LogP contribution in [0.25, 0.3) is 0 Å². The van der Waals surface area contributed by atoms with Crippen molar-refractivity contribution in [2.24, 2.45) is 0 Å². The second-order valence-corrected chi connectivity index (χ2v) is 6.37. The summed E-state index contributed by atoms with van der Waals surface area (Å²) in [5.41, 5.74) is 4.08. The Bertz CT molecular complexity index is 626. The number of carboxylic acids is 1. The highest BCUT2D eigenvalue weighted by Crippen LogP contribution is 2.25. The molecule has 0 aliphatic carbocycles. The molecule has 20 heavy (non-hydrogen) atoms. The lowest BCUT2D eigenvalue weighted by molar-refractivity contribution is 0.0697. The minimum absolute atomic E-state index is 0.310. The molecule has 104 valence electrons. The van der Waals surface area contributed by atoms with Gasteiger partial charge in [-0.25, -0.2) is 4.79 Å². The first-order chi connectivity index (χ1) is 9.58. The third-order valence-corrected chi connectivity index (χ3v) is 4.84. The maximum absolute atomic E-state index is 10.9. The van der Waals surface area contributed by atoms with Gasteiger partial charge in [0.15, 0.2) is 0 Å². The second-order valence-electron chi connectivity index (χ2n) is 4.53. The molecular formula is C16H15BrO2S. The van der Waals surface area contributed by atoms with Crippen molar-refractivity contribution in [2.75, 3.05) is 0 Å². The van der Waals surface area contributed by atoms with Gasteiger partial charge in [0, 0.05) is 16.0 Å². The fourth-order valence-corrected chi connectivity index (χ4v) is 3.66. The molecule has 0 bridgehead atoms. The number of hydrogen-bond acceptors (Lipinski definition) is 2. The second kappa shape index (κ2) is 6.95. The van der Waals surface area contributed by atoms with Gasteiger partial charge in [0.05, 0.1) is 5.56 Å². The van der Waals surface area contributed by atoms with E-state index in [0.29, 0.717) is 5.56 Å². The summed E-state index contributed by atoms with van der Waals surface area (Å²) in [5, 5.41) is 8.93. The summed E-state index contributed by atoms with van der Waals surface area (Å²) < 4.78 is 0.856. The number of thioether (sulfide) groups is 1. The fraction of sp³-hybridized carbons (Fsp3) is 0.188. The molecule has 0 radical (unpaired) electrons. The van der Waals surface area contributed by atoms with Crippen LogP contribution >= 0.6 is 27.7 Å². The van der Waals surface area contributed by atoms with Gasteiger partial charge in [0.1, 0.15) is 0 Å². The van der Waals surface area contributed by atoms with Crippen molar-refractivity contribution in [1.82, 2.24) is 0 Å². The topological polar surface area (TPSA) is 37.3 Å². The van der Waals surface area contributed by atoms with Crippen molar-refractivity contribution in [3.05, 3.63) is 69.2 Å². The molecule has 0 heterocycles. The number of benzene rings is 2. The number of hydrogen-bond donors (Lipinski definition) is 1. The maximum Gasteiger partial charge on any atom is 0.335 e. The molecule has 0 aliphatic heterocycles. The average Bonchev–Trinajstić information content (AvgIpc) is 2.42. The predicted molar refractivity (Wildman–Crippen MR) is 87.3 cm³/mol. The molecule has 0 amide bonds. The van der Waals surface area contributed by atoms with E-state index in [0.717, 1.165) is 21.5 Å². The molecular weight excluding hydrogens is 336 g/mol. The van der Waals surface area contributed by atoms with Crippen LogP contribution in [0, 0.1) is 6.92 Å². The fourth-order valence-electron chi connectivity index (χ4n) is 1.84. The number of carboxylic acid groups (broad SMARTS) is 1. The van der Waals surface area contributed by atoms with E-state index in [1.807, 2.05) is 23.9 Å². The number of rotatable bonds is 5. The SMILES string of the molecule is Cc1ccccc1CSCc1ccc(C(=O)O)cc1Br. The Morgan fingerprint density at radius 3 is 2.50 bits per heavy atom. The van der Waals surface area contributed by atoms with E-state index in [9.17, 15) is 4.79 Å². The molecule has 1 N–H and O–H groups in total. The maximum atomic E-state index is 10.9. The van der Waals surface area contributed by atoms with Crippen LogP contribution < -0.4 is 0 Å². The monoisotopic (exact) mass is 350 g/mol. The van der Waals surface area contributed by atoms with E-state index < -0.39 is 5.97 Å². The molecule has 0 saturated carbocycles. The lowest BCUT2D eigenvalue weighted by Gasteiger charge is -2.07. The Hall–Kier alpha value is -1.26. The van der Waals surface area contributed by atoms with E-state index in [1.54, 1.807) is 12.1 Å². The van der Waals surface area contributed by atoms with Crippen LogP contribution in [-0.4, -0.2) is 11.1 Å². The largest absolute Gasteiger partial charge is 0.478 e. The lowest BCUT2D eigenvalue weighted by atomic mass is 10.1. The Balaban J connectivity index is 1.98. The molecule has 0 aliphatic rings. The van der Waals surface area contributed by atoms with Crippen LogP contribution in [0.3, 0.4) is 0 Å². The Kier molecular flexibility index (Phi) is 5.26. The molecule has 0 saturated heterocycles. The molecule has 0 atom stereocenters. The van der Waals surface area contributed by atoms with E-state index in [-0.39, 0.29) is 0 Å². The van der Waals surface area contributed by atoms with Crippen LogP contribution in [0.2, 0.25) is 0 Å². The van der Waals surface area contributed by atoms with Gasteiger partial charge in [-0.15, -0.1) is 0 Å². The molecule has 2 aromatic rings. The highest BCUT2D eigenvalue weighted by Gasteiger charge is 2.07. The molecule has 2 rings (SSSR count). The van der Waals surface area contributed by atoms with Gasteiger partial charge < -0.3 is 5.11 Å². The van der Waals surface area contributed by atoms with Gasteiger partial charge in [-0.3, -0.25) is 0 Å². The molecule has 0 spiro atoms. The Morgan fingerprint density at radius 1 is 1.15 bits per heavy atom. The van der Waals surface area contributed by atoms with Crippen molar-refractivity contribution >= 4 is 33.7 Å². The summed E-state index contributed by atoms with van der Waals surface area (Å²) in [6, 6.07) is 13.5. The van der Waals surface area contributed by atoms with Crippen molar-refractivity contribution < 1.29 is 9.90 Å². The summed E-state index contributed by atoms with van der Waals surface area (Å²) in [6.45, 7) is 2.12. The molecule has 2 nitrogen and oxygen atoms in total. The Labute approximate surface area is 131 Å². The Morgan fingerprint density at radius 2 is 1.85 bits per heavy atom. The normalized spacial score (nSPS) is 10.5. The number of aromatic carboxylic acids is 1. The first kappa shape index (κ1) is 15.1. The van der Waals surface area contributed by atoms with Gasteiger partial charge in [0.2, 0.25) is 0 Å². The summed E-state index contributed by atoms with van der Waals surface area (Å²) in [5.74, 6) is 0.916. The highest BCUT2D eigenvalue weighted by molar-refractivity contribution is 9.10. The third-order valence-electron chi connectivity index (χ3n) is 3.08. The summed E-state index contributed by atoms with van der Waals surface area (Å²) in [4.78, 5) is 10.9. The quantitative estimate of drug-likeness (QED) is 0.833. The first-order valence-corrected chi connectivity index (χ1v) is 8.16. The first-order valence-electron chi connectivity index (χ1n) is 6.22. The van der Waals surface area contributed by atoms with Crippen LogP contribution in [0.4, 0.5) is 0 Å². The summed E-state index contributed by atoms with van der Waals surface area (Å²) in [7, 11) is 0. The van der Waals surface area contributed by atoms with Gasteiger partial charge >= 0.3 is 5.97 Å². The zero-order valence-corrected chi connectivity index (χ0v) is 13.5. The predicted octanol–water partition coefficient (Wildman–Crippen LogP) is 4.89. The highest BCUT2D eigenvalue weighted by atomic mass is 79.9. The van der Waals surface area contributed by atoms with Crippen molar-refractivity contribution in [2.45, 2.75) is 18.4 Å². The molecule has 0 unspecified atom stereocenters. The molecule has 2 aromatic carbocycles. The standard InChI is InChI=1S/C16H15BrO2S/c1-11-4-2-3-5-13(11)9-20-10-14-7-6-12(16(18)19)8-15(14)17/h2-8H,9-10H2,1H3,(H,18,19). The lowest BCUT2D eigenvalue weighted by Crippen LogP contribution is -1.97. The van der Waals surface area contributed by atoms with E-state index in [2.05, 4.69) is 41.1 Å². The van der Waals surface area contributed by atoms with Crippen molar-refractivity contribution in [3.63, 3.8) is 0 Å². The minimum atomic E-state index is -0.898. The van der Waals surface area contributed by atoms with Gasteiger partial charge in [-0.05, 0) is 35.7 Å². The van der Waals surface area contributed by atoms with Crippen LogP contribution in [0.5, 0.6) is 0 Å². The zero-order chi connectivity index (χ0) is 14.5. The summed E-state index contributed by atoms with van der Waals surface area (Å²) in [6.07, 6.45) is 0. The number of halogens is 1. The van der Waals surface area contributed by atoms with E-state index in [4.69, 9.17) is 5.11 Å². The van der Waals surface area contributed by atoms with Gasteiger partial charge in [-0.1, -0.05) is 46.3 Å². The number of carbonyl (C=O) groups is 1. The smallest absolute Gasteiger partial charge is 0.335 e. The van der Waals surface area contributed by atoms with Gasteiger partial charge in [0.25, 0.3) is 0 Å². The van der Waals surface area contributed by atoms with Crippen LogP contribution in [0.1, 0.15) is 27.0 Å². The average molecular weight is 351 g/mol. The molecule has 4 heteroatoms. The van der Waals surface area contributed by atoms with Crippen molar-refractivity contribution in [1.29, 1.82) is 0 Å². The zero-order valence-electron chi connectivity index (χ0n) is 11.1.